The van der Waals surface area contributed by atoms with Gasteiger partial charge in [-0.05, 0) is 38.0 Å². The van der Waals surface area contributed by atoms with Crippen molar-refractivity contribution in [3.63, 3.8) is 0 Å². The molecule has 3 aromatic rings. The van der Waals surface area contributed by atoms with Crippen molar-refractivity contribution in [1.82, 2.24) is 24.3 Å². The van der Waals surface area contributed by atoms with Gasteiger partial charge in [0.15, 0.2) is 11.4 Å². The second kappa shape index (κ2) is 6.40. The summed E-state index contributed by atoms with van der Waals surface area (Å²) in [4.78, 5) is 14.6. The zero-order valence-corrected chi connectivity index (χ0v) is 14.6. The van der Waals surface area contributed by atoms with Gasteiger partial charge in [-0.15, -0.1) is 0 Å². The Labute approximate surface area is 153 Å². The van der Waals surface area contributed by atoms with E-state index >= 15 is 0 Å². The summed E-state index contributed by atoms with van der Waals surface area (Å²) in [5.41, 5.74) is 1.11. The minimum absolute atomic E-state index is 0.205. The summed E-state index contributed by atoms with van der Waals surface area (Å²) in [7, 11) is 0. The smallest absolute Gasteiger partial charge is 0.335 e. The number of aromatic nitrogens is 4. The van der Waals surface area contributed by atoms with Gasteiger partial charge >= 0.3 is 6.18 Å². The Hall–Kier alpha value is -2.84. The first-order chi connectivity index (χ1) is 12.8. The molecule has 4 rings (SSSR count). The molecule has 4 heterocycles. The zero-order valence-electron chi connectivity index (χ0n) is 14.6. The maximum atomic E-state index is 13.0. The van der Waals surface area contributed by atoms with Crippen LogP contribution >= 0.6 is 0 Å². The molecule has 0 N–H and O–H groups in total. The molecule has 0 aromatic carbocycles. The van der Waals surface area contributed by atoms with Gasteiger partial charge in [0.05, 0.1) is 11.6 Å². The predicted octanol–water partition coefficient (Wildman–Crippen LogP) is 3.34. The molecule has 27 heavy (non-hydrogen) atoms. The lowest BCUT2D eigenvalue weighted by Crippen LogP contribution is -2.41. The molecule has 1 atom stereocenters. The largest absolute Gasteiger partial charge is 0.435 e. The number of aryl methyl sites for hydroxylation is 1. The Balaban J connectivity index is 1.56. The molecule has 0 radical (unpaired) electrons. The molecule has 0 spiro atoms. The maximum absolute atomic E-state index is 13.0. The van der Waals surface area contributed by atoms with Crippen molar-refractivity contribution in [2.24, 2.45) is 0 Å². The summed E-state index contributed by atoms with van der Waals surface area (Å²) in [5.74, 6) is -0.205. The number of halogens is 3. The lowest BCUT2D eigenvalue weighted by Gasteiger charge is -2.32. The Bertz CT molecular complexity index is 990. The number of fused-ring (bicyclic) bond motifs is 1. The van der Waals surface area contributed by atoms with Gasteiger partial charge in [0.25, 0.3) is 5.91 Å². The maximum Gasteiger partial charge on any atom is 0.435 e. The quantitative estimate of drug-likeness (QED) is 0.688. The van der Waals surface area contributed by atoms with Gasteiger partial charge in [-0.3, -0.25) is 9.48 Å². The monoisotopic (exact) mass is 377 g/mol. The van der Waals surface area contributed by atoms with Crippen LogP contribution in [0.25, 0.3) is 5.52 Å². The number of rotatable bonds is 2. The van der Waals surface area contributed by atoms with E-state index in [1.807, 2.05) is 25.1 Å². The summed E-state index contributed by atoms with van der Waals surface area (Å²) in [6.07, 6.45) is 0.0121. The van der Waals surface area contributed by atoms with Crippen molar-refractivity contribution in [2.45, 2.75) is 32.0 Å². The third kappa shape index (κ3) is 3.17. The number of carbonyl (C=O) groups is 1. The van der Waals surface area contributed by atoms with Crippen LogP contribution in [0.3, 0.4) is 0 Å². The number of amides is 1. The fourth-order valence-electron chi connectivity index (χ4n) is 3.52. The molecule has 1 amide bonds. The van der Waals surface area contributed by atoms with Crippen molar-refractivity contribution in [3.8, 4) is 0 Å². The number of piperidine rings is 1. The molecule has 1 unspecified atom stereocenters. The Morgan fingerprint density at radius 1 is 1.19 bits per heavy atom. The first-order valence-corrected chi connectivity index (χ1v) is 8.70. The van der Waals surface area contributed by atoms with E-state index in [4.69, 9.17) is 0 Å². The molecule has 9 heteroatoms. The molecule has 0 aliphatic carbocycles. The molecule has 142 valence electrons. The van der Waals surface area contributed by atoms with E-state index in [2.05, 4.69) is 10.2 Å². The number of alkyl halides is 3. The van der Waals surface area contributed by atoms with Gasteiger partial charge in [-0.25, -0.2) is 4.52 Å². The van der Waals surface area contributed by atoms with Crippen LogP contribution in [0.1, 0.15) is 40.6 Å². The highest BCUT2D eigenvalue weighted by Gasteiger charge is 2.35. The van der Waals surface area contributed by atoms with Crippen molar-refractivity contribution < 1.29 is 18.0 Å². The summed E-state index contributed by atoms with van der Waals surface area (Å²) < 4.78 is 41.3. The van der Waals surface area contributed by atoms with Crippen LogP contribution in [0.5, 0.6) is 0 Å². The molecule has 1 fully saturated rings. The number of likely N-dealkylation sites (tertiary alicyclic amines) is 1. The van der Waals surface area contributed by atoms with Crippen LogP contribution in [0.2, 0.25) is 0 Å². The van der Waals surface area contributed by atoms with Gasteiger partial charge in [0, 0.05) is 31.0 Å². The van der Waals surface area contributed by atoms with Gasteiger partial charge in [0.2, 0.25) is 0 Å². The standard InChI is InChI=1S/C18H18F3N5O/c1-12-14-6-2-3-9-26(14)23-16(12)17(27)24-8-4-5-13(11-24)25-10-7-15(22-25)18(19,20)21/h2-3,6-7,9-10,13H,4-5,8,11H2,1H3. The van der Waals surface area contributed by atoms with Crippen molar-refractivity contribution in [3.05, 3.63) is 53.6 Å². The molecule has 0 bridgehead atoms. The lowest BCUT2D eigenvalue weighted by molar-refractivity contribution is -0.141. The second-order valence-corrected chi connectivity index (χ2v) is 6.73. The summed E-state index contributed by atoms with van der Waals surface area (Å²) in [6.45, 7) is 2.71. The van der Waals surface area contributed by atoms with E-state index in [-0.39, 0.29) is 11.9 Å². The van der Waals surface area contributed by atoms with Crippen molar-refractivity contribution in [1.29, 1.82) is 0 Å². The van der Waals surface area contributed by atoms with Crippen LogP contribution in [0.15, 0.2) is 36.7 Å². The van der Waals surface area contributed by atoms with E-state index < -0.39 is 11.9 Å². The highest BCUT2D eigenvalue weighted by molar-refractivity contribution is 5.95. The highest BCUT2D eigenvalue weighted by atomic mass is 19.4. The highest BCUT2D eigenvalue weighted by Crippen LogP contribution is 2.29. The molecule has 1 aliphatic heterocycles. The zero-order chi connectivity index (χ0) is 19.2. The van der Waals surface area contributed by atoms with Gasteiger partial charge in [0.1, 0.15) is 0 Å². The summed E-state index contributed by atoms with van der Waals surface area (Å²) in [6, 6.07) is 6.29. The SMILES string of the molecule is Cc1c(C(=O)N2CCCC(n3ccc(C(F)(F)F)n3)C2)nn2ccccc12. The van der Waals surface area contributed by atoms with Gasteiger partial charge in [-0.1, -0.05) is 6.07 Å². The topological polar surface area (TPSA) is 55.4 Å². The average molecular weight is 377 g/mol. The first-order valence-electron chi connectivity index (χ1n) is 8.70. The fraction of sp³-hybridized carbons (Fsp3) is 0.389. The van der Waals surface area contributed by atoms with Gasteiger partial charge < -0.3 is 4.90 Å². The minimum atomic E-state index is -4.47. The van der Waals surface area contributed by atoms with Crippen molar-refractivity contribution >= 4 is 11.4 Å². The molecule has 6 nitrogen and oxygen atoms in total. The molecule has 1 saturated heterocycles. The molecule has 1 aliphatic rings. The van der Waals surface area contributed by atoms with E-state index in [9.17, 15) is 18.0 Å². The van der Waals surface area contributed by atoms with Crippen LogP contribution in [-0.2, 0) is 6.18 Å². The molecular weight excluding hydrogens is 359 g/mol. The fourth-order valence-corrected chi connectivity index (χ4v) is 3.52. The summed E-state index contributed by atoms with van der Waals surface area (Å²) in [5, 5.41) is 8.03. The number of hydrogen-bond acceptors (Lipinski definition) is 3. The average Bonchev–Trinajstić information content (AvgIpc) is 3.27. The van der Waals surface area contributed by atoms with Crippen LogP contribution in [0, 0.1) is 6.92 Å². The van der Waals surface area contributed by atoms with Crippen LogP contribution in [0.4, 0.5) is 13.2 Å². The van der Waals surface area contributed by atoms with Crippen molar-refractivity contribution in [2.75, 3.05) is 13.1 Å². The molecule has 0 saturated carbocycles. The second-order valence-electron chi connectivity index (χ2n) is 6.73. The van der Waals surface area contributed by atoms with E-state index in [1.165, 1.54) is 10.9 Å². The first kappa shape index (κ1) is 17.6. The van der Waals surface area contributed by atoms with E-state index in [0.717, 1.165) is 17.1 Å². The Morgan fingerprint density at radius 3 is 2.70 bits per heavy atom. The number of nitrogens with zero attached hydrogens (tertiary/aromatic N) is 5. The van der Waals surface area contributed by atoms with E-state index in [1.54, 1.807) is 15.6 Å². The number of hydrogen-bond donors (Lipinski definition) is 0. The van der Waals surface area contributed by atoms with Crippen LogP contribution < -0.4 is 0 Å². The third-order valence-electron chi connectivity index (χ3n) is 4.95. The van der Waals surface area contributed by atoms with Crippen LogP contribution in [-0.4, -0.2) is 43.3 Å². The normalized spacial score (nSPS) is 18.2. The Morgan fingerprint density at radius 2 is 2.00 bits per heavy atom. The number of carbonyl (C=O) groups excluding carboxylic acids is 1. The van der Waals surface area contributed by atoms with E-state index in [0.29, 0.717) is 31.6 Å². The predicted molar refractivity (Wildman–Crippen MR) is 91.3 cm³/mol. The Kier molecular flexibility index (Phi) is 4.16. The van der Waals surface area contributed by atoms with Gasteiger partial charge in [-0.2, -0.15) is 23.4 Å². The summed E-state index contributed by atoms with van der Waals surface area (Å²) >= 11 is 0. The minimum Gasteiger partial charge on any atom is -0.335 e. The number of pyridine rings is 1. The molecule has 3 aromatic heterocycles. The lowest BCUT2D eigenvalue weighted by atomic mass is 10.0. The molecular formula is C18H18F3N5O. The third-order valence-corrected chi connectivity index (χ3v) is 4.95.